The number of nitrogens with zero attached hydrogens (tertiary/aromatic N) is 4. The Morgan fingerprint density at radius 2 is 1.91 bits per heavy atom. The Bertz CT molecular complexity index is 1290. The molecule has 0 fully saturated rings. The first kappa shape index (κ1) is 21.7. The zero-order valence-corrected chi connectivity index (χ0v) is 18.4. The van der Waals surface area contributed by atoms with Crippen molar-refractivity contribution in [1.29, 1.82) is 5.26 Å². The third-order valence-corrected chi connectivity index (χ3v) is 7.05. The number of aromatic nitrogens is 3. The Balaban J connectivity index is 1.37. The van der Waals surface area contributed by atoms with Crippen LogP contribution in [0.2, 0.25) is 0 Å². The van der Waals surface area contributed by atoms with E-state index in [0.29, 0.717) is 16.3 Å². The molecule has 2 heterocycles. The minimum atomic E-state index is -3.85. The van der Waals surface area contributed by atoms with Crippen molar-refractivity contribution < 1.29 is 13.2 Å². The zero-order chi connectivity index (χ0) is 22.6. The molecule has 32 heavy (non-hydrogen) atoms. The van der Waals surface area contributed by atoms with Crippen LogP contribution >= 0.6 is 11.8 Å². The van der Waals surface area contributed by atoms with Crippen LogP contribution in [0.1, 0.15) is 23.2 Å². The molecule has 0 atom stereocenters. The molecule has 2 aromatic heterocycles. The van der Waals surface area contributed by atoms with Crippen molar-refractivity contribution in [2.45, 2.75) is 29.2 Å². The first-order valence-corrected chi connectivity index (χ1v) is 12.2. The van der Waals surface area contributed by atoms with Crippen LogP contribution in [0.4, 0.5) is 11.6 Å². The van der Waals surface area contributed by atoms with E-state index in [1.54, 1.807) is 6.07 Å². The normalized spacial score (nSPS) is 12.6. The molecule has 11 heteroatoms. The lowest BCUT2D eigenvalue weighted by atomic mass is 10.2. The molecule has 0 aliphatic heterocycles. The monoisotopic (exact) mass is 466 g/mol. The van der Waals surface area contributed by atoms with Crippen LogP contribution < -0.4 is 10.0 Å². The predicted molar refractivity (Wildman–Crippen MR) is 120 cm³/mol. The van der Waals surface area contributed by atoms with E-state index in [2.05, 4.69) is 31.1 Å². The number of nitriles is 1. The maximum atomic E-state index is 12.4. The Morgan fingerprint density at radius 3 is 2.62 bits per heavy atom. The number of aryl methyl sites for hydroxylation is 2. The molecule has 2 N–H and O–H groups in total. The van der Waals surface area contributed by atoms with Gasteiger partial charge in [0.15, 0.2) is 0 Å². The molecular weight excluding hydrogens is 448 g/mol. The molecule has 0 saturated heterocycles. The molecule has 0 unspecified atom stereocenters. The molecule has 0 saturated carbocycles. The number of pyridine rings is 1. The van der Waals surface area contributed by atoms with Gasteiger partial charge in [-0.05, 0) is 61.2 Å². The maximum absolute atomic E-state index is 12.4. The van der Waals surface area contributed by atoms with E-state index in [0.717, 1.165) is 30.5 Å². The highest BCUT2D eigenvalue weighted by Crippen LogP contribution is 2.28. The summed E-state index contributed by atoms with van der Waals surface area (Å²) >= 11 is 1.21. The molecule has 0 bridgehead atoms. The Labute approximate surface area is 189 Å². The number of sulfonamides is 1. The lowest BCUT2D eigenvalue weighted by molar-refractivity contribution is -0.113. The van der Waals surface area contributed by atoms with Gasteiger partial charge in [0, 0.05) is 23.8 Å². The Morgan fingerprint density at radius 1 is 1.16 bits per heavy atom. The number of hydrogen-bond donors (Lipinski definition) is 2. The summed E-state index contributed by atoms with van der Waals surface area (Å²) in [6.45, 7) is 0. The lowest BCUT2D eigenvalue weighted by Crippen LogP contribution is -2.16. The number of carbonyl (C=O) groups is 1. The van der Waals surface area contributed by atoms with Gasteiger partial charge in [0.2, 0.25) is 11.9 Å². The minimum Gasteiger partial charge on any atom is -0.325 e. The summed E-state index contributed by atoms with van der Waals surface area (Å²) < 4.78 is 27.1. The van der Waals surface area contributed by atoms with Crippen molar-refractivity contribution in [2.24, 2.45) is 0 Å². The van der Waals surface area contributed by atoms with E-state index < -0.39 is 10.0 Å². The second kappa shape index (κ2) is 9.33. The first-order chi connectivity index (χ1) is 15.4. The highest BCUT2D eigenvalue weighted by atomic mass is 32.2. The van der Waals surface area contributed by atoms with Crippen LogP contribution in [0, 0.1) is 11.3 Å². The van der Waals surface area contributed by atoms with Gasteiger partial charge in [-0.3, -0.25) is 4.79 Å². The van der Waals surface area contributed by atoms with Crippen molar-refractivity contribution in [1.82, 2.24) is 15.0 Å². The molecule has 1 aliphatic carbocycles. The SMILES string of the molecule is N#Cc1cc2c(nc1SCC(=O)Nc1ccc(S(=O)(=O)Nc3ncccn3)cc1)CCC2. The molecule has 9 nitrogen and oxygen atoms in total. The number of rotatable bonds is 7. The van der Waals surface area contributed by atoms with Crippen LogP contribution in [0.25, 0.3) is 0 Å². The van der Waals surface area contributed by atoms with E-state index in [1.807, 2.05) is 6.07 Å². The van der Waals surface area contributed by atoms with Crippen LogP contribution in [-0.2, 0) is 27.7 Å². The molecule has 3 aromatic rings. The molecule has 0 radical (unpaired) electrons. The number of thioether (sulfide) groups is 1. The van der Waals surface area contributed by atoms with Crippen molar-refractivity contribution in [3.8, 4) is 6.07 Å². The summed E-state index contributed by atoms with van der Waals surface area (Å²) in [6.07, 6.45) is 5.71. The van der Waals surface area contributed by atoms with Gasteiger partial charge >= 0.3 is 0 Å². The van der Waals surface area contributed by atoms with E-state index in [-0.39, 0.29) is 22.5 Å². The topological polar surface area (TPSA) is 138 Å². The van der Waals surface area contributed by atoms with Gasteiger partial charge in [-0.1, -0.05) is 11.8 Å². The largest absolute Gasteiger partial charge is 0.325 e. The summed E-state index contributed by atoms with van der Waals surface area (Å²) in [5.74, 6) is -0.237. The molecule has 162 valence electrons. The minimum absolute atomic E-state index is 0.0123. The summed E-state index contributed by atoms with van der Waals surface area (Å²) in [5, 5.41) is 12.6. The number of carbonyl (C=O) groups excluding carboxylic acids is 1. The van der Waals surface area contributed by atoms with E-state index in [9.17, 15) is 18.5 Å². The highest BCUT2D eigenvalue weighted by molar-refractivity contribution is 8.00. The fourth-order valence-electron chi connectivity index (χ4n) is 3.22. The Hall–Kier alpha value is -3.49. The third kappa shape index (κ3) is 5.04. The van der Waals surface area contributed by atoms with Crippen LogP contribution in [0.5, 0.6) is 0 Å². The van der Waals surface area contributed by atoms with Crippen molar-refractivity contribution in [2.75, 3.05) is 15.8 Å². The zero-order valence-electron chi connectivity index (χ0n) is 16.8. The van der Waals surface area contributed by atoms with E-state index in [4.69, 9.17) is 0 Å². The van der Waals surface area contributed by atoms with Gasteiger partial charge in [-0.25, -0.2) is 28.1 Å². The van der Waals surface area contributed by atoms with Gasteiger partial charge in [0.1, 0.15) is 11.1 Å². The van der Waals surface area contributed by atoms with Gasteiger partial charge in [-0.2, -0.15) is 5.26 Å². The van der Waals surface area contributed by atoms with Crippen molar-refractivity contribution in [3.63, 3.8) is 0 Å². The second-order valence-electron chi connectivity index (χ2n) is 6.95. The molecule has 1 aromatic carbocycles. The highest BCUT2D eigenvalue weighted by Gasteiger charge is 2.18. The van der Waals surface area contributed by atoms with Crippen LogP contribution in [-0.4, -0.2) is 35.0 Å². The summed E-state index contributed by atoms with van der Waals surface area (Å²) in [7, 11) is -3.85. The summed E-state index contributed by atoms with van der Waals surface area (Å²) in [4.78, 5) is 24.6. The number of anilines is 2. The number of nitrogens with one attached hydrogen (secondary N) is 2. The smallest absolute Gasteiger partial charge is 0.264 e. The van der Waals surface area contributed by atoms with Crippen LogP contribution in [0.3, 0.4) is 0 Å². The summed E-state index contributed by atoms with van der Waals surface area (Å²) in [5.41, 5.74) is 3.04. The number of amides is 1. The predicted octanol–water partition coefficient (Wildman–Crippen LogP) is 2.76. The fourth-order valence-corrected chi connectivity index (χ4v) is 4.96. The Kier molecular flexibility index (Phi) is 6.34. The average molecular weight is 467 g/mol. The second-order valence-corrected chi connectivity index (χ2v) is 9.60. The fraction of sp³-hybridized carbons (Fsp3) is 0.190. The van der Waals surface area contributed by atoms with Gasteiger partial charge < -0.3 is 5.32 Å². The first-order valence-electron chi connectivity index (χ1n) is 9.70. The molecule has 4 rings (SSSR count). The van der Waals surface area contributed by atoms with Crippen molar-refractivity contribution >= 4 is 39.3 Å². The van der Waals surface area contributed by atoms with Crippen molar-refractivity contribution in [3.05, 3.63) is 65.6 Å². The molecule has 1 amide bonds. The summed E-state index contributed by atoms with van der Waals surface area (Å²) in [6, 6.07) is 11.3. The number of fused-ring (bicyclic) bond motifs is 1. The molecular formula is C21H18N6O3S2. The quantitative estimate of drug-likeness (QED) is 0.507. The standard InChI is InChI=1S/C21H18N6O3S2/c22-12-15-11-14-3-1-4-18(14)26-20(15)31-13-19(28)25-16-5-7-17(8-6-16)32(29,30)27-21-23-9-2-10-24-21/h2,5-11H,1,3-4,13H2,(H,25,28)(H,23,24,27). The third-order valence-electron chi connectivity index (χ3n) is 4.72. The van der Waals surface area contributed by atoms with Crippen LogP contribution in [0.15, 0.2) is 58.7 Å². The van der Waals surface area contributed by atoms with Gasteiger partial charge in [0.25, 0.3) is 10.0 Å². The lowest BCUT2D eigenvalue weighted by Gasteiger charge is -2.09. The average Bonchev–Trinajstić information content (AvgIpc) is 3.25. The number of benzene rings is 1. The maximum Gasteiger partial charge on any atom is 0.264 e. The number of hydrogen-bond acceptors (Lipinski definition) is 8. The van der Waals surface area contributed by atoms with E-state index in [1.165, 1.54) is 48.4 Å². The van der Waals surface area contributed by atoms with Gasteiger partial charge in [-0.15, -0.1) is 0 Å². The van der Waals surface area contributed by atoms with Gasteiger partial charge in [0.05, 0.1) is 16.2 Å². The molecule has 1 aliphatic rings. The van der Waals surface area contributed by atoms with E-state index >= 15 is 0 Å². The molecule has 0 spiro atoms.